The van der Waals surface area contributed by atoms with Crippen LogP contribution in [0, 0.1) is 11.8 Å². The molecule has 120 valence electrons. The fourth-order valence-electron chi connectivity index (χ4n) is 1.70. The molecular weight excluding hydrogens is 327 g/mol. The van der Waals surface area contributed by atoms with Gasteiger partial charge in [0.15, 0.2) is 0 Å². The molecule has 3 nitrogen and oxygen atoms in total. The summed E-state index contributed by atoms with van der Waals surface area (Å²) in [6.07, 6.45) is -4.39. The second kappa shape index (κ2) is 6.86. The maximum absolute atomic E-state index is 12.4. The normalized spacial score (nSPS) is 11.6. The summed E-state index contributed by atoms with van der Waals surface area (Å²) >= 11 is 0. The Morgan fingerprint density at radius 1 is 0.957 bits per heavy atom. The van der Waals surface area contributed by atoms with Gasteiger partial charge in [-0.2, -0.15) is 17.9 Å². The second-order valence-electron chi connectivity index (χ2n) is 4.51. The zero-order valence-electron chi connectivity index (χ0n) is 11.8. The molecule has 0 aliphatic rings. The van der Waals surface area contributed by atoms with Crippen molar-refractivity contribution < 1.29 is 21.6 Å². The molecule has 23 heavy (non-hydrogen) atoms. The van der Waals surface area contributed by atoms with Crippen LogP contribution in [0.5, 0.6) is 0 Å². The Bertz CT molecular complexity index is 818. The quantitative estimate of drug-likeness (QED) is 0.874. The van der Waals surface area contributed by atoms with E-state index in [1.54, 1.807) is 18.2 Å². The minimum atomic E-state index is -4.39. The maximum Gasteiger partial charge on any atom is 0.416 e. The van der Waals surface area contributed by atoms with Crippen LogP contribution >= 0.6 is 0 Å². The van der Waals surface area contributed by atoms with Gasteiger partial charge < -0.3 is 0 Å². The van der Waals surface area contributed by atoms with Gasteiger partial charge in [0.1, 0.15) is 0 Å². The van der Waals surface area contributed by atoms with Crippen molar-refractivity contribution in [2.24, 2.45) is 0 Å². The predicted molar refractivity (Wildman–Crippen MR) is 80.0 cm³/mol. The molecule has 0 saturated carbocycles. The van der Waals surface area contributed by atoms with E-state index < -0.39 is 21.8 Å². The summed E-state index contributed by atoms with van der Waals surface area (Å²) in [5.41, 5.74) is -0.385. The van der Waals surface area contributed by atoms with Gasteiger partial charge in [-0.1, -0.05) is 30.0 Å². The largest absolute Gasteiger partial charge is 0.416 e. The molecule has 0 aliphatic heterocycles. The van der Waals surface area contributed by atoms with E-state index in [4.69, 9.17) is 0 Å². The number of nitrogens with one attached hydrogen (secondary N) is 1. The number of rotatable bonds is 3. The topological polar surface area (TPSA) is 46.2 Å². The summed E-state index contributed by atoms with van der Waals surface area (Å²) in [7, 11) is -3.64. The predicted octanol–water partition coefficient (Wildman–Crippen LogP) is 3.04. The first-order chi connectivity index (χ1) is 10.8. The Kier molecular flexibility index (Phi) is 5.08. The highest BCUT2D eigenvalue weighted by molar-refractivity contribution is 7.89. The van der Waals surface area contributed by atoms with Crippen LogP contribution in [0.1, 0.15) is 11.1 Å². The van der Waals surface area contributed by atoms with Crippen molar-refractivity contribution in [2.75, 3.05) is 6.54 Å². The summed E-state index contributed by atoms with van der Waals surface area (Å²) in [5, 5.41) is 0. The number of hydrogen-bond acceptors (Lipinski definition) is 2. The molecule has 0 aliphatic carbocycles. The summed E-state index contributed by atoms with van der Waals surface area (Å²) in [6.45, 7) is -0.141. The molecule has 0 fully saturated rings. The van der Waals surface area contributed by atoms with E-state index in [0.29, 0.717) is 5.56 Å². The Morgan fingerprint density at radius 3 is 2.13 bits per heavy atom. The number of sulfonamides is 1. The highest BCUT2D eigenvalue weighted by Gasteiger charge is 2.29. The Labute approximate surface area is 132 Å². The van der Waals surface area contributed by atoms with Crippen LogP contribution in [-0.2, 0) is 16.2 Å². The zero-order chi connectivity index (χ0) is 16.9. The van der Waals surface area contributed by atoms with Gasteiger partial charge in [0.25, 0.3) is 0 Å². The van der Waals surface area contributed by atoms with Gasteiger partial charge in [-0.15, -0.1) is 0 Å². The smallest absolute Gasteiger partial charge is 0.207 e. The third-order valence-electron chi connectivity index (χ3n) is 2.85. The first kappa shape index (κ1) is 17.1. The summed E-state index contributed by atoms with van der Waals surface area (Å²) in [6, 6.07) is 12.1. The number of alkyl halides is 3. The minimum absolute atomic E-state index is 0.122. The van der Waals surface area contributed by atoms with Crippen molar-refractivity contribution in [1.82, 2.24) is 4.72 Å². The molecular formula is C16H12F3NO2S. The number of halogens is 3. The van der Waals surface area contributed by atoms with E-state index in [1.807, 2.05) is 0 Å². The maximum atomic E-state index is 12.4. The van der Waals surface area contributed by atoms with Crippen LogP contribution in [0.3, 0.4) is 0 Å². The summed E-state index contributed by atoms with van der Waals surface area (Å²) in [4.78, 5) is 0.122. The van der Waals surface area contributed by atoms with E-state index in [-0.39, 0.29) is 11.4 Å². The van der Waals surface area contributed by atoms with Gasteiger partial charge in [0, 0.05) is 5.56 Å². The highest BCUT2D eigenvalue weighted by Crippen LogP contribution is 2.28. The Morgan fingerprint density at radius 2 is 1.57 bits per heavy atom. The molecule has 2 aromatic carbocycles. The summed E-state index contributed by atoms with van der Waals surface area (Å²) in [5.74, 6) is 5.17. The van der Waals surface area contributed by atoms with Crippen LogP contribution in [0.15, 0.2) is 59.5 Å². The van der Waals surface area contributed by atoms with Crippen molar-refractivity contribution in [3.05, 3.63) is 65.7 Å². The fraction of sp³-hybridized carbons (Fsp3) is 0.125. The van der Waals surface area contributed by atoms with Gasteiger partial charge in [-0.25, -0.2) is 8.42 Å². The van der Waals surface area contributed by atoms with E-state index in [9.17, 15) is 21.6 Å². The molecule has 0 bridgehead atoms. The minimum Gasteiger partial charge on any atom is -0.207 e. The van der Waals surface area contributed by atoms with Crippen molar-refractivity contribution in [3.63, 3.8) is 0 Å². The number of benzene rings is 2. The molecule has 0 atom stereocenters. The fourth-order valence-corrected chi connectivity index (χ4v) is 2.65. The lowest BCUT2D eigenvalue weighted by atomic mass is 10.1. The molecule has 7 heteroatoms. The molecule has 0 spiro atoms. The lowest BCUT2D eigenvalue weighted by Gasteiger charge is -2.05. The molecule has 0 saturated heterocycles. The third kappa shape index (κ3) is 4.84. The second-order valence-corrected chi connectivity index (χ2v) is 6.28. The average molecular weight is 339 g/mol. The monoisotopic (exact) mass is 339 g/mol. The first-order valence-corrected chi connectivity index (χ1v) is 7.98. The summed E-state index contributed by atoms with van der Waals surface area (Å²) < 4.78 is 63.3. The van der Waals surface area contributed by atoms with Gasteiger partial charge >= 0.3 is 6.18 Å². The van der Waals surface area contributed by atoms with Crippen LogP contribution in [-0.4, -0.2) is 15.0 Å². The molecule has 0 aromatic heterocycles. The van der Waals surface area contributed by atoms with Crippen LogP contribution in [0.25, 0.3) is 0 Å². The van der Waals surface area contributed by atoms with Gasteiger partial charge in [-0.05, 0) is 36.4 Å². The standard InChI is InChI=1S/C16H12F3NO2S/c17-16(18,19)14-10-8-13(9-11-14)5-4-12-20-23(21,22)15-6-2-1-3-7-15/h1-3,6-11,20H,12H2. The van der Waals surface area contributed by atoms with E-state index >= 15 is 0 Å². The van der Waals surface area contributed by atoms with Gasteiger partial charge in [0.2, 0.25) is 10.0 Å². The molecule has 0 heterocycles. The molecule has 1 N–H and O–H groups in total. The van der Waals surface area contributed by atoms with Crippen molar-refractivity contribution >= 4 is 10.0 Å². The van der Waals surface area contributed by atoms with Gasteiger partial charge in [0.05, 0.1) is 17.0 Å². The van der Waals surface area contributed by atoms with Gasteiger partial charge in [-0.3, -0.25) is 0 Å². The van der Waals surface area contributed by atoms with E-state index in [0.717, 1.165) is 12.1 Å². The third-order valence-corrected chi connectivity index (χ3v) is 4.27. The van der Waals surface area contributed by atoms with E-state index in [1.165, 1.54) is 24.3 Å². The van der Waals surface area contributed by atoms with Crippen molar-refractivity contribution in [3.8, 4) is 11.8 Å². The van der Waals surface area contributed by atoms with Crippen LogP contribution in [0.4, 0.5) is 13.2 Å². The highest BCUT2D eigenvalue weighted by atomic mass is 32.2. The van der Waals surface area contributed by atoms with Crippen molar-refractivity contribution in [2.45, 2.75) is 11.1 Å². The van der Waals surface area contributed by atoms with Crippen molar-refractivity contribution in [1.29, 1.82) is 0 Å². The van der Waals surface area contributed by atoms with Crippen LogP contribution in [0.2, 0.25) is 0 Å². The molecule has 2 rings (SSSR count). The first-order valence-electron chi connectivity index (χ1n) is 6.50. The number of hydrogen-bond donors (Lipinski definition) is 1. The molecule has 0 unspecified atom stereocenters. The van der Waals surface area contributed by atoms with Crippen LogP contribution < -0.4 is 4.72 Å². The Hall–Kier alpha value is -2.30. The lowest BCUT2D eigenvalue weighted by molar-refractivity contribution is -0.137. The lowest BCUT2D eigenvalue weighted by Crippen LogP contribution is -2.23. The SMILES string of the molecule is O=S(=O)(NCC#Cc1ccc(C(F)(F)F)cc1)c1ccccc1. The Balaban J connectivity index is 1.99. The molecule has 0 amide bonds. The molecule has 2 aromatic rings. The molecule has 0 radical (unpaired) electrons. The zero-order valence-corrected chi connectivity index (χ0v) is 12.6. The van der Waals surface area contributed by atoms with E-state index in [2.05, 4.69) is 16.6 Å². The average Bonchev–Trinajstić information content (AvgIpc) is 2.52.